The molecule has 1 fully saturated rings. The summed E-state index contributed by atoms with van der Waals surface area (Å²) in [5.74, 6) is 0. The van der Waals surface area contributed by atoms with E-state index in [1.54, 1.807) is 0 Å². The van der Waals surface area contributed by atoms with E-state index in [0.29, 0.717) is 6.04 Å². The Morgan fingerprint density at radius 1 is 2.00 bits per heavy atom. The van der Waals surface area contributed by atoms with Crippen LogP contribution in [0.3, 0.4) is 0 Å². The van der Waals surface area contributed by atoms with Crippen LogP contribution in [-0.2, 0) is 0 Å². The van der Waals surface area contributed by atoms with E-state index >= 15 is 0 Å². The van der Waals surface area contributed by atoms with Gasteiger partial charge in [-0.1, -0.05) is 22.0 Å². The Morgan fingerprint density at radius 2 is 2.62 bits per heavy atom. The number of alkyl halides is 1. The van der Waals surface area contributed by atoms with Crippen molar-refractivity contribution in [3.63, 3.8) is 0 Å². The van der Waals surface area contributed by atoms with Crippen molar-refractivity contribution in [1.29, 1.82) is 0 Å². The summed E-state index contributed by atoms with van der Waals surface area (Å²) in [7, 11) is 0. The number of hydrogen-bond donors (Lipinski definition) is 1. The molecular weight excluding hydrogens is 166 g/mol. The quantitative estimate of drug-likeness (QED) is 0.599. The maximum atomic E-state index is 3.39. The van der Waals surface area contributed by atoms with Gasteiger partial charge in [-0.2, -0.15) is 0 Å². The zero-order valence-electron chi connectivity index (χ0n) is 4.95. The van der Waals surface area contributed by atoms with Gasteiger partial charge in [-0.05, 0) is 6.92 Å². The second kappa shape index (κ2) is 2.53. The van der Waals surface area contributed by atoms with E-state index in [1.807, 2.05) is 0 Å². The van der Waals surface area contributed by atoms with Crippen LogP contribution in [0.15, 0.2) is 11.8 Å². The number of halogens is 1. The highest BCUT2D eigenvalue weighted by Gasteiger charge is 2.18. The molecule has 1 unspecified atom stereocenters. The standard InChI is InChI=1S/C6H10BrN/c1-2-5-3-6(4-7)8-5/h2,6,8H,3-4H2,1H3/b5-2+. The number of rotatable bonds is 1. The van der Waals surface area contributed by atoms with E-state index in [-0.39, 0.29) is 0 Å². The Labute approximate surface area is 58.3 Å². The minimum absolute atomic E-state index is 0.696. The molecule has 1 N–H and O–H groups in total. The molecule has 1 aliphatic rings. The summed E-state index contributed by atoms with van der Waals surface area (Å²) < 4.78 is 0. The first-order valence-corrected chi connectivity index (χ1v) is 3.96. The maximum absolute atomic E-state index is 3.39. The van der Waals surface area contributed by atoms with Gasteiger partial charge in [0, 0.05) is 23.5 Å². The normalized spacial score (nSPS) is 31.8. The van der Waals surface area contributed by atoms with E-state index in [1.165, 1.54) is 12.1 Å². The average molecular weight is 176 g/mol. The summed E-state index contributed by atoms with van der Waals surface area (Å²) in [6.45, 7) is 2.06. The summed E-state index contributed by atoms with van der Waals surface area (Å²) in [5.41, 5.74) is 1.38. The van der Waals surface area contributed by atoms with E-state index in [2.05, 4.69) is 34.2 Å². The van der Waals surface area contributed by atoms with E-state index in [0.717, 1.165) is 5.33 Å². The van der Waals surface area contributed by atoms with Crippen LogP contribution in [0.1, 0.15) is 13.3 Å². The number of nitrogens with one attached hydrogen (secondary N) is 1. The number of hydrogen-bond acceptors (Lipinski definition) is 1. The zero-order chi connectivity index (χ0) is 5.98. The fourth-order valence-electron chi connectivity index (χ4n) is 0.801. The van der Waals surface area contributed by atoms with Gasteiger partial charge in [-0.25, -0.2) is 0 Å². The second-order valence-corrected chi connectivity index (χ2v) is 2.66. The van der Waals surface area contributed by atoms with Crippen LogP contribution in [0.25, 0.3) is 0 Å². The molecule has 1 atom stereocenters. The Bertz CT molecular complexity index is 101. The Hall–Kier alpha value is 0.0200. The van der Waals surface area contributed by atoms with Gasteiger partial charge in [0.2, 0.25) is 0 Å². The molecule has 0 aromatic rings. The third-order valence-electron chi connectivity index (χ3n) is 1.39. The smallest absolute Gasteiger partial charge is 0.0409 e. The molecule has 2 heteroatoms. The topological polar surface area (TPSA) is 12.0 Å². The molecule has 0 spiro atoms. The summed E-state index contributed by atoms with van der Waals surface area (Å²) in [6, 6.07) is 0.696. The second-order valence-electron chi connectivity index (χ2n) is 2.01. The fraction of sp³-hybridized carbons (Fsp3) is 0.667. The van der Waals surface area contributed by atoms with Gasteiger partial charge in [0.1, 0.15) is 0 Å². The molecule has 0 aromatic heterocycles. The molecule has 1 nitrogen and oxygen atoms in total. The zero-order valence-corrected chi connectivity index (χ0v) is 6.53. The van der Waals surface area contributed by atoms with Crippen molar-refractivity contribution in [2.45, 2.75) is 19.4 Å². The van der Waals surface area contributed by atoms with Gasteiger partial charge < -0.3 is 5.32 Å². The molecule has 8 heavy (non-hydrogen) atoms. The highest BCUT2D eigenvalue weighted by atomic mass is 79.9. The molecule has 1 heterocycles. The lowest BCUT2D eigenvalue weighted by atomic mass is 10.1. The predicted molar refractivity (Wildman–Crippen MR) is 39.1 cm³/mol. The first-order chi connectivity index (χ1) is 3.86. The van der Waals surface area contributed by atoms with E-state index < -0.39 is 0 Å². The molecule has 0 radical (unpaired) electrons. The van der Waals surface area contributed by atoms with Crippen LogP contribution in [0.4, 0.5) is 0 Å². The maximum Gasteiger partial charge on any atom is 0.0409 e. The van der Waals surface area contributed by atoms with Gasteiger partial charge in [-0.15, -0.1) is 0 Å². The molecule has 0 bridgehead atoms. The van der Waals surface area contributed by atoms with Crippen LogP contribution in [-0.4, -0.2) is 11.4 Å². The van der Waals surface area contributed by atoms with Crippen LogP contribution in [0.5, 0.6) is 0 Å². The first kappa shape index (κ1) is 6.14. The lowest BCUT2D eigenvalue weighted by Gasteiger charge is -2.30. The van der Waals surface area contributed by atoms with E-state index in [4.69, 9.17) is 0 Å². The molecule has 0 saturated carbocycles. The lowest BCUT2D eigenvalue weighted by Crippen LogP contribution is -2.41. The van der Waals surface area contributed by atoms with Crippen LogP contribution >= 0.6 is 15.9 Å². The molecule has 0 aromatic carbocycles. The Kier molecular flexibility index (Phi) is 1.95. The molecule has 0 amide bonds. The van der Waals surface area contributed by atoms with Gasteiger partial charge in [0.15, 0.2) is 0 Å². The summed E-state index contributed by atoms with van der Waals surface area (Å²) in [4.78, 5) is 0. The van der Waals surface area contributed by atoms with Crippen molar-refractivity contribution in [3.05, 3.63) is 11.8 Å². The van der Waals surface area contributed by atoms with Crippen molar-refractivity contribution >= 4 is 15.9 Å². The third-order valence-corrected chi connectivity index (χ3v) is 2.17. The highest BCUT2D eigenvalue weighted by molar-refractivity contribution is 9.09. The van der Waals surface area contributed by atoms with Crippen molar-refractivity contribution in [2.24, 2.45) is 0 Å². The Balaban J connectivity index is 2.21. The van der Waals surface area contributed by atoms with Gasteiger partial charge in [-0.3, -0.25) is 0 Å². The summed E-state index contributed by atoms with van der Waals surface area (Å²) in [5, 5.41) is 4.37. The SMILES string of the molecule is C/C=C1\CC(CBr)N1. The lowest BCUT2D eigenvalue weighted by molar-refractivity contribution is 0.490. The van der Waals surface area contributed by atoms with Crippen molar-refractivity contribution in [2.75, 3.05) is 5.33 Å². The third kappa shape index (κ3) is 1.05. The molecule has 46 valence electrons. The molecule has 1 aliphatic heterocycles. The van der Waals surface area contributed by atoms with Crippen molar-refractivity contribution < 1.29 is 0 Å². The van der Waals surface area contributed by atoms with Crippen LogP contribution in [0.2, 0.25) is 0 Å². The monoisotopic (exact) mass is 175 g/mol. The fourth-order valence-corrected chi connectivity index (χ4v) is 1.19. The molecule has 0 aliphatic carbocycles. The van der Waals surface area contributed by atoms with Crippen molar-refractivity contribution in [3.8, 4) is 0 Å². The Morgan fingerprint density at radius 3 is 3.00 bits per heavy atom. The minimum Gasteiger partial charge on any atom is -0.385 e. The minimum atomic E-state index is 0.696. The predicted octanol–water partition coefficient (Wildman–Crippen LogP) is 1.65. The molecular formula is C6H10BrN. The van der Waals surface area contributed by atoms with Gasteiger partial charge >= 0.3 is 0 Å². The number of allylic oxidation sites excluding steroid dienone is 1. The first-order valence-electron chi connectivity index (χ1n) is 2.84. The van der Waals surface area contributed by atoms with Crippen molar-refractivity contribution in [1.82, 2.24) is 5.32 Å². The highest BCUT2D eigenvalue weighted by Crippen LogP contribution is 2.16. The van der Waals surface area contributed by atoms with Crippen LogP contribution in [0, 0.1) is 0 Å². The summed E-state index contributed by atoms with van der Waals surface area (Å²) in [6.07, 6.45) is 3.35. The van der Waals surface area contributed by atoms with Gasteiger partial charge in [0.25, 0.3) is 0 Å². The molecule has 1 saturated heterocycles. The van der Waals surface area contributed by atoms with E-state index in [9.17, 15) is 0 Å². The van der Waals surface area contributed by atoms with Crippen LogP contribution < -0.4 is 5.32 Å². The van der Waals surface area contributed by atoms with Gasteiger partial charge in [0.05, 0.1) is 0 Å². The largest absolute Gasteiger partial charge is 0.385 e. The average Bonchev–Trinajstić information content (AvgIpc) is 1.65. The molecule has 1 rings (SSSR count). The summed E-state index contributed by atoms with van der Waals surface area (Å²) >= 11 is 3.39.